The largest absolute Gasteiger partial charge is 0.444 e. The standard InChI is InChI=1S/C10H17N3O4/c1-10(2,3)17-9(16)13-5-7(14)12-4-6(13)8(11)15/h6H,4-5H2,1-3H3,(H2,11,15)(H,12,14). The summed E-state index contributed by atoms with van der Waals surface area (Å²) in [6.07, 6.45) is -0.712. The highest BCUT2D eigenvalue weighted by molar-refractivity contribution is 5.91. The highest BCUT2D eigenvalue weighted by Gasteiger charge is 2.36. The Hall–Kier alpha value is -1.79. The Balaban J connectivity index is 2.79. The number of nitrogens with two attached hydrogens (primary N) is 1. The summed E-state index contributed by atoms with van der Waals surface area (Å²) in [5.41, 5.74) is 4.48. The minimum Gasteiger partial charge on any atom is -0.444 e. The van der Waals surface area contributed by atoms with Crippen molar-refractivity contribution < 1.29 is 19.1 Å². The molecule has 0 aromatic carbocycles. The van der Waals surface area contributed by atoms with E-state index in [1.165, 1.54) is 0 Å². The maximum Gasteiger partial charge on any atom is 0.411 e. The molecule has 1 unspecified atom stereocenters. The summed E-state index contributed by atoms with van der Waals surface area (Å²) in [4.78, 5) is 35.2. The van der Waals surface area contributed by atoms with E-state index in [4.69, 9.17) is 10.5 Å². The number of ether oxygens (including phenoxy) is 1. The summed E-state index contributed by atoms with van der Waals surface area (Å²) in [5, 5.41) is 2.47. The van der Waals surface area contributed by atoms with E-state index >= 15 is 0 Å². The minimum atomic E-state index is -0.859. The fraction of sp³-hybridized carbons (Fsp3) is 0.700. The lowest BCUT2D eigenvalue weighted by Crippen LogP contribution is -2.61. The van der Waals surface area contributed by atoms with Gasteiger partial charge in [-0.25, -0.2) is 4.79 Å². The zero-order chi connectivity index (χ0) is 13.2. The number of hydrogen-bond donors (Lipinski definition) is 2. The molecule has 1 rings (SSSR count). The van der Waals surface area contributed by atoms with Gasteiger partial charge in [-0.05, 0) is 20.8 Å². The Kier molecular flexibility index (Phi) is 3.59. The number of carbonyl (C=O) groups is 3. The van der Waals surface area contributed by atoms with E-state index in [1.807, 2.05) is 0 Å². The summed E-state index contributed by atoms with van der Waals surface area (Å²) >= 11 is 0. The first kappa shape index (κ1) is 13.3. The molecular weight excluding hydrogens is 226 g/mol. The molecule has 3 amide bonds. The molecule has 7 nitrogen and oxygen atoms in total. The first-order valence-corrected chi connectivity index (χ1v) is 5.26. The molecule has 1 saturated heterocycles. The van der Waals surface area contributed by atoms with Crippen molar-refractivity contribution in [1.29, 1.82) is 0 Å². The van der Waals surface area contributed by atoms with E-state index in [0.717, 1.165) is 4.90 Å². The van der Waals surface area contributed by atoms with Crippen LogP contribution < -0.4 is 11.1 Å². The second-order valence-corrected chi connectivity index (χ2v) is 4.83. The van der Waals surface area contributed by atoms with Gasteiger partial charge in [0.1, 0.15) is 18.2 Å². The molecule has 96 valence electrons. The Labute approximate surface area is 99.3 Å². The van der Waals surface area contributed by atoms with Gasteiger partial charge in [0.15, 0.2) is 0 Å². The van der Waals surface area contributed by atoms with Gasteiger partial charge < -0.3 is 15.8 Å². The number of primary amides is 1. The number of amides is 3. The first-order valence-electron chi connectivity index (χ1n) is 5.26. The number of piperazine rings is 1. The molecule has 1 fully saturated rings. The molecule has 0 aromatic rings. The van der Waals surface area contributed by atoms with Gasteiger partial charge in [0.2, 0.25) is 11.8 Å². The Morgan fingerprint density at radius 3 is 2.53 bits per heavy atom. The Morgan fingerprint density at radius 1 is 1.47 bits per heavy atom. The zero-order valence-corrected chi connectivity index (χ0v) is 10.1. The lowest BCUT2D eigenvalue weighted by molar-refractivity contribution is -0.131. The van der Waals surface area contributed by atoms with Crippen LogP contribution in [0.4, 0.5) is 4.79 Å². The third-order valence-corrected chi connectivity index (χ3v) is 2.14. The van der Waals surface area contributed by atoms with Crippen molar-refractivity contribution in [3.8, 4) is 0 Å². The van der Waals surface area contributed by atoms with Crippen LogP contribution in [0.3, 0.4) is 0 Å². The van der Waals surface area contributed by atoms with Crippen LogP contribution in [-0.2, 0) is 14.3 Å². The minimum absolute atomic E-state index is 0.0212. The molecule has 7 heteroatoms. The van der Waals surface area contributed by atoms with Gasteiger partial charge in [-0.2, -0.15) is 0 Å². The summed E-state index contributed by atoms with van der Waals surface area (Å²) in [6.45, 7) is 4.91. The van der Waals surface area contributed by atoms with Crippen molar-refractivity contribution >= 4 is 17.9 Å². The van der Waals surface area contributed by atoms with Crippen LogP contribution >= 0.6 is 0 Å². The van der Waals surface area contributed by atoms with Crippen molar-refractivity contribution in [2.45, 2.75) is 32.4 Å². The molecule has 0 spiro atoms. The van der Waals surface area contributed by atoms with E-state index in [1.54, 1.807) is 20.8 Å². The fourth-order valence-electron chi connectivity index (χ4n) is 1.41. The monoisotopic (exact) mass is 243 g/mol. The van der Waals surface area contributed by atoms with Crippen LogP contribution in [0.25, 0.3) is 0 Å². The quantitative estimate of drug-likeness (QED) is 0.630. The molecule has 0 bridgehead atoms. The van der Waals surface area contributed by atoms with Crippen molar-refractivity contribution in [3.05, 3.63) is 0 Å². The van der Waals surface area contributed by atoms with E-state index in [-0.39, 0.29) is 19.0 Å². The van der Waals surface area contributed by atoms with Gasteiger partial charge >= 0.3 is 6.09 Å². The number of nitrogens with one attached hydrogen (secondary N) is 1. The maximum absolute atomic E-state index is 11.8. The normalized spacial score (nSPS) is 20.8. The highest BCUT2D eigenvalue weighted by Crippen LogP contribution is 2.13. The van der Waals surface area contributed by atoms with Crippen molar-refractivity contribution in [2.75, 3.05) is 13.1 Å². The molecule has 1 aliphatic rings. The zero-order valence-electron chi connectivity index (χ0n) is 10.1. The third-order valence-electron chi connectivity index (χ3n) is 2.14. The fourth-order valence-corrected chi connectivity index (χ4v) is 1.41. The van der Waals surface area contributed by atoms with Gasteiger partial charge in [-0.1, -0.05) is 0 Å². The molecule has 1 aliphatic heterocycles. The molecule has 0 aromatic heterocycles. The summed E-state index contributed by atoms with van der Waals surface area (Å²) in [5.74, 6) is -1.01. The van der Waals surface area contributed by atoms with Crippen molar-refractivity contribution in [1.82, 2.24) is 10.2 Å². The van der Waals surface area contributed by atoms with Crippen LogP contribution in [0, 0.1) is 0 Å². The lowest BCUT2D eigenvalue weighted by Gasteiger charge is -2.34. The van der Waals surface area contributed by atoms with Crippen LogP contribution in [-0.4, -0.2) is 47.5 Å². The first-order chi connectivity index (χ1) is 7.70. The van der Waals surface area contributed by atoms with Crippen molar-refractivity contribution in [2.24, 2.45) is 5.73 Å². The second kappa shape index (κ2) is 4.60. The smallest absolute Gasteiger partial charge is 0.411 e. The highest BCUT2D eigenvalue weighted by atomic mass is 16.6. The molecule has 3 N–H and O–H groups in total. The maximum atomic E-state index is 11.8. The predicted molar refractivity (Wildman–Crippen MR) is 58.9 cm³/mol. The predicted octanol–water partition coefficient (Wildman–Crippen LogP) is -0.793. The number of nitrogens with zero attached hydrogens (tertiary/aromatic N) is 1. The molecule has 0 radical (unpaired) electrons. The van der Waals surface area contributed by atoms with E-state index in [9.17, 15) is 14.4 Å². The van der Waals surface area contributed by atoms with Crippen LogP contribution in [0.15, 0.2) is 0 Å². The number of rotatable bonds is 1. The SMILES string of the molecule is CC(C)(C)OC(=O)N1CC(=O)NCC1C(N)=O. The Morgan fingerprint density at radius 2 is 2.06 bits per heavy atom. The molecule has 17 heavy (non-hydrogen) atoms. The average molecular weight is 243 g/mol. The molecule has 0 aliphatic carbocycles. The second-order valence-electron chi connectivity index (χ2n) is 4.83. The molecular formula is C10H17N3O4. The van der Waals surface area contributed by atoms with E-state index < -0.39 is 23.6 Å². The van der Waals surface area contributed by atoms with Gasteiger partial charge in [-0.3, -0.25) is 14.5 Å². The van der Waals surface area contributed by atoms with Gasteiger partial charge in [0, 0.05) is 6.54 Å². The summed E-state index contributed by atoms with van der Waals surface area (Å²) in [6, 6.07) is -0.859. The topological polar surface area (TPSA) is 102 Å². The average Bonchev–Trinajstić information content (AvgIpc) is 2.14. The van der Waals surface area contributed by atoms with Gasteiger partial charge in [-0.15, -0.1) is 0 Å². The van der Waals surface area contributed by atoms with E-state index in [0.29, 0.717) is 0 Å². The van der Waals surface area contributed by atoms with Crippen LogP contribution in [0.1, 0.15) is 20.8 Å². The molecule has 1 heterocycles. The van der Waals surface area contributed by atoms with Crippen LogP contribution in [0.2, 0.25) is 0 Å². The number of hydrogen-bond acceptors (Lipinski definition) is 4. The third kappa shape index (κ3) is 3.61. The summed E-state index contributed by atoms with van der Waals surface area (Å²) in [7, 11) is 0. The Bertz CT molecular complexity index is 348. The van der Waals surface area contributed by atoms with Crippen molar-refractivity contribution in [3.63, 3.8) is 0 Å². The van der Waals surface area contributed by atoms with Crippen LogP contribution in [0.5, 0.6) is 0 Å². The molecule has 1 atom stereocenters. The number of carbonyl (C=O) groups excluding carboxylic acids is 3. The van der Waals surface area contributed by atoms with Gasteiger partial charge in [0.05, 0.1) is 0 Å². The summed E-state index contributed by atoms with van der Waals surface area (Å²) < 4.78 is 5.11. The molecule has 0 saturated carbocycles. The lowest BCUT2D eigenvalue weighted by atomic mass is 10.2. The van der Waals surface area contributed by atoms with Gasteiger partial charge in [0.25, 0.3) is 0 Å². The van der Waals surface area contributed by atoms with E-state index in [2.05, 4.69) is 5.32 Å².